The van der Waals surface area contributed by atoms with Crippen LogP contribution in [0.25, 0.3) is 0 Å². The zero-order valence-electron chi connectivity index (χ0n) is 15.1. The Morgan fingerprint density at radius 1 is 1.20 bits per heavy atom. The predicted octanol–water partition coefficient (Wildman–Crippen LogP) is 1.62. The summed E-state index contributed by atoms with van der Waals surface area (Å²) in [5, 5.41) is 0. The third kappa shape index (κ3) is 4.64. The van der Waals surface area contributed by atoms with Crippen LogP contribution in [0.4, 0.5) is 0 Å². The SMILES string of the molecule is COc1cc(CN2CCC[C@H]2C(N)=O)ccc1OCCN1CCCC1. The van der Waals surface area contributed by atoms with E-state index >= 15 is 0 Å². The van der Waals surface area contributed by atoms with Gasteiger partial charge in [-0.3, -0.25) is 14.6 Å². The Balaban J connectivity index is 1.57. The molecule has 6 heteroatoms. The van der Waals surface area contributed by atoms with Crippen molar-refractivity contribution in [2.75, 3.05) is 39.9 Å². The van der Waals surface area contributed by atoms with Gasteiger partial charge in [0.05, 0.1) is 13.2 Å². The number of nitrogens with two attached hydrogens (primary N) is 1. The normalized spacial score (nSPS) is 21.6. The van der Waals surface area contributed by atoms with E-state index in [0.717, 1.165) is 43.0 Å². The highest BCUT2D eigenvalue weighted by molar-refractivity contribution is 5.80. The van der Waals surface area contributed by atoms with Gasteiger partial charge in [0.2, 0.25) is 5.91 Å². The Bertz CT molecular complexity index is 587. The Kier molecular flexibility index (Phi) is 6.15. The van der Waals surface area contributed by atoms with Crippen molar-refractivity contribution in [3.8, 4) is 11.5 Å². The van der Waals surface area contributed by atoms with Crippen LogP contribution in [-0.2, 0) is 11.3 Å². The fourth-order valence-corrected chi connectivity index (χ4v) is 3.79. The molecule has 0 aliphatic carbocycles. The highest BCUT2D eigenvalue weighted by Gasteiger charge is 2.28. The maximum atomic E-state index is 11.5. The molecule has 138 valence electrons. The zero-order chi connectivity index (χ0) is 17.6. The fourth-order valence-electron chi connectivity index (χ4n) is 3.79. The third-order valence-electron chi connectivity index (χ3n) is 5.17. The maximum absolute atomic E-state index is 11.5. The van der Waals surface area contributed by atoms with Gasteiger partial charge in [0.1, 0.15) is 6.61 Å². The number of carbonyl (C=O) groups is 1. The van der Waals surface area contributed by atoms with Crippen molar-refractivity contribution in [1.82, 2.24) is 9.80 Å². The topological polar surface area (TPSA) is 68.0 Å². The third-order valence-corrected chi connectivity index (χ3v) is 5.17. The standard InChI is InChI=1S/C19H29N3O3/c1-24-18-13-15(14-22-10-4-5-16(22)19(20)23)6-7-17(18)25-12-11-21-8-2-3-9-21/h6-7,13,16H,2-5,8-12,14H2,1H3,(H2,20,23)/t16-/m0/s1. The average molecular weight is 347 g/mol. The summed E-state index contributed by atoms with van der Waals surface area (Å²) in [6.07, 6.45) is 4.45. The van der Waals surface area contributed by atoms with Crippen LogP contribution < -0.4 is 15.2 Å². The monoisotopic (exact) mass is 347 g/mol. The van der Waals surface area contributed by atoms with Gasteiger partial charge in [-0.05, 0) is 63.0 Å². The molecule has 1 atom stereocenters. The molecule has 0 spiro atoms. The summed E-state index contributed by atoms with van der Waals surface area (Å²) >= 11 is 0. The number of benzene rings is 1. The van der Waals surface area contributed by atoms with E-state index in [2.05, 4.69) is 9.80 Å². The van der Waals surface area contributed by atoms with Gasteiger partial charge in [0, 0.05) is 13.1 Å². The molecule has 2 heterocycles. The molecular formula is C19H29N3O3. The smallest absolute Gasteiger partial charge is 0.234 e. The van der Waals surface area contributed by atoms with E-state index < -0.39 is 0 Å². The number of nitrogens with zero attached hydrogens (tertiary/aromatic N) is 2. The van der Waals surface area contributed by atoms with Crippen LogP contribution in [0.2, 0.25) is 0 Å². The predicted molar refractivity (Wildman–Crippen MR) is 96.8 cm³/mol. The molecule has 2 aliphatic rings. The highest BCUT2D eigenvalue weighted by Crippen LogP contribution is 2.30. The summed E-state index contributed by atoms with van der Waals surface area (Å²) in [5.74, 6) is 1.29. The van der Waals surface area contributed by atoms with Crippen molar-refractivity contribution in [3.05, 3.63) is 23.8 Å². The molecule has 2 fully saturated rings. The minimum absolute atomic E-state index is 0.151. The van der Waals surface area contributed by atoms with Crippen LogP contribution in [-0.4, -0.2) is 61.6 Å². The van der Waals surface area contributed by atoms with Crippen LogP contribution >= 0.6 is 0 Å². The van der Waals surface area contributed by atoms with E-state index in [1.165, 1.54) is 25.9 Å². The van der Waals surface area contributed by atoms with E-state index in [4.69, 9.17) is 15.2 Å². The van der Waals surface area contributed by atoms with Crippen LogP contribution in [0.15, 0.2) is 18.2 Å². The minimum atomic E-state index is -0.230. The van der Waals surface area contributed by atoms with E-state index in [1.54, 1.807) is 7.11 Å². The molecule has 3 rings (SSSR count). The Hall–Kier alpha value is -1.79. The Morgan fingerprint density at radius 3 is 2.72 bits per heavy atom. The molecule has 25 heavy (non-hydrogen) atoms. The number of hydrogen-bond acceptors (Lipinski definition) is 5. The second-order valence-electron chi connectivity index (χ2n) is 6.91. The fraction of sp³-hybridized carbons (Fsp3) is 0.632. The molecule has 0 saturated carbocycles. The first-order valence-electron chi connectivity index (χ1n) is 9.23. The molecule has 0 bridgehead atoms. The summed E-state index contributed by atoms with van der Waals surface area (Å²) in [6, 6.07) is 5.86. The van der Waals surface area contributed by atoms with Crippen molar-refractivity contribution < 1.29 is 14.3 Å². The Morgan fingerprint density at radius 2 is 2.00 bits per heavy atom. The lowest BCUT2D eigenvalue weighted by molar-refractivity contribution is -0.122. The van der Waals surface area contributed by atoms with Crippen molar-refractivity contribution in [2.45, 2.75) is 38.3 Å². The second-order valence-corrected chi connectivity index (χ2v) is 6.91. The van der Waals surface area contributed by atoms with Gasteiger partial charge in [0.25, 0.3) is 0 Å². The molecule has 2 N–H and O–H groups in total. The average Bonchev–Trinajstić information content (AvgIpc) is 3.27. The summed E-state index contributed by atoms with van der Waals surface area (Å²) in [7, 11) is 1.66. The number of amides is 1. The number of primary amides is 1. The summed E-state index contributed by atoms with van der Waals surface area (Å²) in [5.41, 5.74) is 6.61. The van der Waals surface area contributed by atoms with E-state index in [9.17, 15) is 4.79 Å². The number of methoxy groups -OCH3 is 1. The lowest BCUT2D eigenvalue weighted by atomic mass is 10.1. The van der Waals surface area contributed by atoms with Crippen LogP contribution in [0.5, 0.6) is 11.5 Å². The quantitative estimate of drug-likeness (QED) is 0.774. The van der Waals surface area contributed by atoms with Gasteiger partial charge in [-0.25, -0.2) is 0 Å². The van der Waals surface area contributed by atoms with Crippen LogP contribution in [0, 0.1) is 0 Å². The minimum Gasteiger partial charge on any atom is -0.493 e. The van der Waals surface area contributed by atoms with E-state index in [0.29, 0.717) is 13.2 Å². The van der Waals surface area contributed by atoms with Crippen LogP contribution in [0.1, 0.15) is 31.2 Å². The first kappa shape index (κ1) is 18.0. The van der Waals surface area contributed by atoms with Crippen molar-refractivity contribution in [1.29, 1.82) is 0 Å². The molecular weight excluding hydrogens is 318 g/mol. The van der Waals surface area contributed by atoms with Crippen molar-refractivity contribution >= 4 is 5.91 Å². The highest BCUT2D eigenvalue weighted by atomic mass is 16.5. The van der Waals surface area contributed by atoms with E-state index in [1.807, 2.05) is 18.2 Å². The molecule has 0 unspecified atom stereocenters. The van der Waals surface area contributed by atoms with Gasteiger partial charge in [-0.1, -0.05) is 6.07 Å². The molecule has 1 amide bonds. The Labute approximate surface area is 149 Å². The molecule has 6 nitrogen and oxygen atoms in total. The molecule has 2 saturated heterocycles. The number of carbonyl (C=O) groups excluding carboxylic acids is 1. The zero-order valence-corrected chi connectivity index (χ0v) is 15.1. The van der Waals surface area contributed by atoms with Crippen molar-refractivity contribution in [2.24, 2.45) is 5.73 Å². The number of likely N-dealkylation sites (tertiary alicyclic amines) is 2. The van der Waals surface area contributed by atoms with Gasteiger partial charge < -0.3 is 15.2 Å². The summed E-state index contributed by atoms with van der Waals surface area (Å²) < 4.78 is 11.4. The van der Waals surface area contributed by atoms with Crippen molar-refractivity contribution in [3.63, 3.8) is 0 Å². The number of hydrogen-bond donors (Lipinski definition) is 1. The first-order chi connectivity index (χ1) is 12.2. The van der Waals surface area contributed by atoms with Gasteiger partial charge in [-0.15, -0.1) is 0 Å². The molecule has 0 aromatic heterocycles. The molecule has 0 radical (unpaired) electrons. The molecule has 1 aromatic rings. The number of rotatable bonds is 8. The largest absolute Gasteiger partial charge is 0.493 e. The number of ether oxygens (including phenoxy) is 2. The van der Waals surface area contributed by atoms with Gasteiger partial charge in [-0.2, -0.15) is 0 Å². The first-order valence-corrected chi connectivity index (χ1v) is 9.23. The molecule has 1 aromatic carbocycles. The van der Waals surface area contributed by atoms with E-state index in [-0.39, 0.29) is 11.9 Å². The maximum Gasteiger partial charge on any atom is 0.234 e. The lowest BCUT2D eigenvalue weighted by Crippen LogP contribution is -2.39. The van der Waals surface area contributed by atoms with Gasteiger partial charge >= 0.3 is 0 Å². The van der Waals surface area contributed by atoms with Gasteiger partial charge in [0.15, 0.2) is 11.5 Å². The molecule has 2 aliphatic heterocycles. The second kappa shape index (κ2) is 8.54. The lowest BCUT2D eigenvalue weighted by Gasteiger charge is -2.22. The summed E-state index contributed by atoms with van der Waals surface area (Å²) in [6.45, 7) is 5.60. The summed E-state index contributed by atoms with van der Waals surface area (Å²) in [4.78, 5) is 16.1. The van der Waals surface area contributed by atoms with Crippen LogP contribution in [0.3, 0.4) is 0 Å².